The van der Waals surface area contributed by atoms with Crippen molar-refractivity contribution in [2.75, 3.05) is 0 Å². The molecule has 0 amide bonds. The zero-order chi connectivity index (χ0) is 26.5. The van der Waals surface area contributed by atoms with Gasteiger partial charge in [-0.1, -0.05) is 153 Å². The first-order chi connectivity index (χ1) is 18.6. The largest absolute Gasteiger partial charge is 0.0798 e. The number of allylic oxidation sites excluding steroid dienone is 11. The minimum absolute atomic E-state index is 0.414. The summed E-state index contributed by atoms with van der Waals surface area (Å²) in [5.41, 5.74) is 11.5. The molecule has 0 bridgehead atoms. The summed E-state index contributed by atoms with van der Waals surface area (Å²) in [6, 6.07) is 26.9. The molecule has 0 aliphatic heterocycles. The van der Waals surface area contributed by atoms with Crippen molar-refractivity contribution in [3.63, 3.8) is 0 Å². The minimum Gasteiger partial charge on any atom is -0.0798 e. The highest BCUT2D eigenvalue weighted by Gasteiger charge is 2.42. The second-order valence-corrected chi connectivity index (χ2v) is 10.6. The van der Waals surface area contributed by atoms with Crippen LogP contribution in [0.3, 0.4) is 0 Å². The van der Waals surface area contributed by atoms with Gasteiger partial charge in [-0.2, -0.15) is 0 Å². The molecule has 0 N–H and O–H groups in total. The lowest BCUT2D eigenvalue weighted by molar-refractivity contribution is 0.658. The van der Waals surface area contributed by atoms with Crippen molar-refractivity contribution in [3.05, 3.63) is 166 Å². The third-order valence-electron chi connectivity index (χ3n) is 8.14. The summed E-state index contributed by atoms with van der Waals surface area (Å²) in [4.78, 5) is 0. The summed E-state index contributed by atoms with van der Waals surface area (Å²) in [6.45, 7) is 9.08. The molecule has 1 spiro atoms. The van der Waals surface area contributed by atoms with Crippen molar-refractivity contribution in [3.8, 4) is 0 Å². The molecule has 2 atom stereocenters. The Morgan fingerprint density at radius 1 is 0.789 bits per heavy atom. The lowest BCUT2D eigenvalue weighted by atomic mass is 9.60. The summed E-state index contributed by atoms with van der Waals surface area (Å²) in [5.74, 6) is 0.466. The lowest BCUT2D eigenvalue weighted by Gasteiger charge is -2.42. The summed E-state index contributed by atoms with van der Waals surface area (Å²) >= 11 is 0. The van der Waals surface area contributed by atoms with Gasteiger partial charge in [-0.3, -0.25) is 0 Å². The van der Waals surface area contributed by atoms with Gasteiger partial charge in [0.1, 0.15) is 0 Å². The van der Waals surface area contributed by atoms with Crippen LogP contribution in [0.15, 0.2) is 133 Å². The maximum atomic E-state index is 2.51. The molecule has 38 heavy (non-hydrogen) atoms. The fourth-order valence-corrected chi connectivity index (χ4v) is 6.00. The Balaban J connectivity index is 1.91. The van der Waals surface area contributed by atoms with Crippen LogP contribution in [0.2, 0.25) is 0 Å². The third kappa shape index (κ3) is 4.72. The van der Waals surface area contributed by atoms with E-state index >= 15 is 0 Å². The molecule has 2 unspecified atom stereocenters. The predicted octanol–water partition coefficient (Wildman–Crippen LogP) is 10.0. The van der Waals surface area contributed by atoms with Crippen LogP contribution in [0.5, 0.6) is 0 Å². The normalized spacial score (nSPS) is 25.2. The van der Waals surface area contributed by atoms with Crippen molar-refractivity contribution < 1.29 is 0 Å². The van der Waals surface area contributed by atoms with E-state index in [1.54, 1.807) is 0 Å². The van der Waals surface area contributed by atoms with Gasteiger partial charge < -0.3 is 0 Å². The summed E-state index contributed by atoms with van der Waals surface area (Å²) in [7, 11) is 0. The third-order valence-corrected chi connectivity index (χ3v) is 8.14. The molecule has 3 aromatic carbocycles. The van der Waals surface area contributed by atoms with E-state index in [1.165, 1.54) is 50.1 Å². The zero-order valence-electron chi connectivity index (χ0n) is 23.1. The van der Waals surface area contributed by atoms with Gasteiger partial charge in [-0.15, -0.1) is 0 Å². The van der Waals surface area contributed by atoms with Crippen LogP contribution >= 0.6 is 0 Å². The van der Waals surface area contributed by atoms with Crippen LogP contribution in [-0.4, -0.2) is 0 Å². The second kappa shape index (κ2) is 11.2. The molecule has 0 fully saturated rings. The van der Waals surface area contributed by atoms with E-state index < -0.39 is 5.41 Å². The van der Waals surface area contributed by atoms with Gasteiger partial charge in [-0.25, -0.2) is 0 Å². The van der Waals surface area contributed by atoms with Crippen molar-refractivity contribution >= 4 is 11.6 Å². The number of rotatable bonds is 4. The van der Waals surface area contributed by atoms with Crippen molar-refractivity contribution in [1.29, 1.82) is 0 Å². The molecule has 0 heteroatoms. The van der Waals surface area contributed by atoms with Crippen molar-refractivity contribution in [2.45, 2.75) is 46.0 Å². The molecule has 0 heterocycles. The Morgan fingerprint density at radius 3 is 2.34 bits per heavy atom. The second-order valence-electron chi connectivity index (χ2n) is 10.6. The number of fused-ring (bicyclic) bond motifs is 4. The Bertz CT molecular complexity index is 1490. The van der Waals surface area contributed by atoms with E-state index in [-0.39, 0.29) is 0 Å². The van der Waals surface area contributed by atoms with Crippen LogP contribution in [0.1, 0.15) is 67.5 Å². The molecule has 0 nitrogen and oxygen atoms in total. The van der Waals surface area contributed by atoms with Gasteiger partial charge in [0.2, 0.25) is 0 Å². The first-order valence-electron chi connectivity index (χ1n) is 13.9. The average Bonchev–Trinajstić information content (AvgIpc) is 2.93. The molecule has 0 aromatic heterocycles. The fourth-order valence-electron chi connectivity index (χ4n) is 6.00. The summed E-state index contributed by atoms with van der Waals surface area (Å²) in [6.07, 6.45) is 22.6. The zero-order valence-corrected chi connectivity index (χ0v) is 23.1. The Hall–Kier alpha value is -3.90. The van der Waals surface area contributed by atoms with E-state index in [0.29, 0.717) is 5.92 Å². The minimum atomic E-state index is -0.414. The van der Waals surface area contributed by atoms with E-state index in [0.717, 1.165) is 12.8 Å². The highest BCUT2D eigenvalue weighted by Crippen LogP contribution is 2.51. The highest BCUT2D eigenvalue weighted by atomic mass is 14.4. The maximum absolute atomic E-state index is 2.51. The Morgan fingerprint density at radius 2 is 1.55 bits per heavy atom. The van der Waals surface area contributed by atoms with E-state index in [2.05, 4.69) is 155 Å². The molecule has 0 saturated carbocycles. The first kappa shape index (κ1) is 25.7. The van der Waals surface area contributed by atoms with Crippen LogP contribution in [0.25, 0.3) is 11.6 Å². The molecular formula is C38H38. The van der Waals surface area contributed by atoms with Gasteiger partial charge in [0.05, 0.1) is 5.41 Å². The topological polar surface area (TPSA) is 0 Å². The maximum Gasteiger partial charge on any atom is 0.0670 e. The molecule has 0 radical (unpaired) electrons. The Kier molecular flexibility index (Phi) is 7.61. The number of hydrogen-bond acceptors (Lipinski definition) is 0. The van der Waals surface area contributed by atoms with Crippen molar-refractivity contribution in [1.82, 2.24) is 0 Å². The quantitative estimate of drug-likeness (QED) is 0.338. The fraction of sp³-hybridized carbons (Fsp3) is 0.211. The van der Waals surface area contributed by atoms with Gasteiger partial charge in [0.15, 0.2) is 0 Å². The van der Waals surface area contributed by atoms with E-state index in [4.69, 9.17) is 0 Å². The predicted molar refractivity (Wildman–Crippen MR) is 165 cm³/mol. The molecule has 2 aliphatic carbocycles. The van der Waals surface area contributed by atoms with Gasteiger partial charge >= 0.3 is 0 Å². The number of hydrogen-bond donors (Lipinski definition) is 0. The molecule has 2 aliphatic rings. The molecule has 5 rings (SSSR count). The Labute approximate surface area is 229 Å². The van der Waals surface area contributed by atoms with Crippen LogP contribution in [-0.2, 0) is 11.8 Å². The smallest absolute Gasteiger partial charge is 0.0670 e. The SMILES string of the molecule is C\C=C1/C=C\C=C(\C)C2(C(=C\C(C)CC)/C=C\C=C/c3ccccc32)c2cc(Cc3ccccc3)ccc21. The summed E-state index contributed by atoms with van der Waals surface area (Å²) < 4.78 is 0. The van der Waals surface area contributed by atoms with E-state index in [9.17, 15) is 0 Å². The number of benzene rings is 3. The highest BCUT2D eigenvalue weighted by molar-refractivity contribution is 5.82. The van der Waals surface area contributed by atoms with Crippen LogP contribution in [0.4, 0.5) is 0 Å². The average molecular weight is 495 g/mol. The monoisotopic (exact) mass is 494 g/mol. The van der Waals surface area contributed by atoms with Crippen LogP contribution in [0, 0.1) is 5.92 Å². The molecule has 190 valence electrons. The van der Waals surface area contributed by atoms with Gasteiger partial charge in [0, 0.05) is 0 Å². The van der Waals surface area contributed by atoms with E-state index in [1.807, 2.05) is 0 Å². The van der Waals surface area contributed by atoms with Crippen LogP contribution < -0.4 is 0 Å². The molecule has 3 aromatic rings. The first-order valence-corrected chi connectivity index (χ1v) is 13.9. The molecular weight excluding hydrogens is 456 g/mol. The molecule has 0 saturated heterocycles. The van der Waals surface area contributed by atoms with Gasteiger partial charge in [-0.05, 0) is 70.7 Å². The van der Waals surface area contributed by atoms with Crippen molar-refractivity contribution in [2.24, 2.45) is 5.92 Å². The summed E-state index contributed by atoms with van der Waals surface area (Å²) in [5, 5.41) is 0. The standard InChI is InChI=1S/C38H38/c1-5-28(3)25-34-21-12-10-18-33-19-11-13-22-36(33)38(34)29(4)15-14-20-32(6-2)35-24-23-31(27-37(35)38)26-30-16-8-7-9-17-30/h6-25,27-28H,5,26H2,1-4H3/b18-10-,20-14-,21-12-,29-15-,32-6+,34-25-. The lowest BCUT2D eigenvalue weighted by Crippen LogP contribution is -2.34. The van der Waals surface area contributed by atoms with Gasteiger partial charge in [0.25, 0.3) is 0 Å².